The normalized spacial score (nSPS) is 24.3. The van der Waals surface area contributed by atoms with Crippen LogP contribution in [0.4, 0.5) is 0 Å². The summed E-state index contributed by atoms with van der Waals surface area (Å²) in [6.45, 7) is 9.87. The molecule has 5 heteroatoms. The van der Waals surface area contributed by atoms with Gasteiger partial charge < -0.3 is 5.32 Å². The van der Waals surface area contributed by atoms with Crippen LogP contribution in [-0.4, -0.2) is 44.6 Å². The van der Waals surface area contributed by atoms with E-state index in [1.807, 2.05) is 13.2 Å². The number of hydrogen-bond donors (Lipinski definition) is 1. The molecule has 1 N–H and O–H groups in total. The Morgan fingerprint density at radius 3 is 2.72 bits per heavy atom. The van der Waals surface area contributed by atoms with Crippen LogP contribution in [0, 0.1) is 0 Å². The van der Waals surface area contributed by atoms with E-state index in [2.05, 4.69) is 41.3 Å². The van der Waals surface area contributed by atoms with Gasteiger partial charge >= 0.3 is 0 Å². The minimum atomic E-state index is 0.268. The highest BCUT2D eigenvalue weighted by Gasteiger charge is 2.37. The maximum atomic E-state index is 4.22. The Morgan fingerprint density at radius 2 is 2.17 bits per heavy atom. The van der Waals surface area contributed by atoms with Gasteiger partial charge in [-0.2, -0.15) is 0 Å². The van der Waals surface area contributed by atoms with Gasteiger partial charge in [-0.3, -0.25) is 9.58 Å². The monoisotopic (exact) mass is 251 g/mol. The SMILES string of the molecule is CCC1(CC)CNC(C)CN1Cc1cn(C)nn1. The van der Waals surface area contributed by atoms with Gasteiger partial charge in [-0.1, -0.05) is 19.1 Å². The van der Waals surface area contributed by atoms with Crippen LogP contribution in [-0.2, 0) is 13.6 Å². The van der Waals surface area contributed by atoms with Crippen molar-refractivity contribution in [3.63, 3.8) is 0 Å². The van der Waals surface area contributed by atoms with Crippen LogP contribution in [0.15, 0.2) is 6.20 Å². The Kier molecular flexibility index (Phi) is 4.02. The molecule has 1 aliphatic heterocycles. The van der Waals surface area contributed by atoms with Crippen LogP contribution >= 0.6 is 0 Å². The first kappa shape index (κ1) is 13.5. The molecule has 0 aliphatic carbocycles. The molecule has 1 atom stereocenters. The molecule has 1 unspecified atom stereocenters. The molecule has 0 saturated carbocycles. The second kappa shape index (κ2) is 5.36. The van der Waals surface area contributed by atoms with E-state index in [0.717, 1.165) is 25.3 Å². The zero-order valence-corrected chi connectivity index (χ0v) is 12.0. The van der Waals surface area contributed by atoms with Gasteiger partial charge in [-0.05, 0) is 19.8 Å². The maximum Gasteiger partial charge on any atom is 0.0967 e. The molecule has 0 amide bonds. The van der Waals surface area contributed by atoms with Crippen LogP contribution in [0.3, 0.4) is 0 Å². The zero-order chi connectivity index (χ0) is 13.2. The Morgan fingerprint density at radius 1 is 1.44 bits per heavy atom. The summed E-state index contributed by atoms with van der Waals surface area (Å²) in [4.78, 5) is 2.58. The Hall–Kier alpha value is -0.940. The number of nitrogens with zero attached hydrogens (tertiary/aromatic N) is 4. The predicted molar refractivity (Wildman–Crippen MR) is 72.2 cm³/mol. The van der Waals surface area contributed by atoms with Gasteiger partial charge in [0.25, 0.3) is 0 Å². The molecule has 0 aromatic carbocycles. The van der Waals surface area contributed by atoms with E-state index in [0.29, 0.717) is 6.04 Å². The lowest BCUT2D eigenvalue weighted by atomic mass is 9.87. The number of aryl methyl sites for hydroxylation is 1. The zero-order valence-electron chi connectivity index (χ0n) is 12.0. The van der Waals surface area contributed by atoms with Gasteiger partial charge in [0, 0.05) is 44.5 Å². The minimum absolute atomic E-state index is 0.268. The lowest BCUT2D eigenvalue weighted by molar-refractivity contribution is 0.0268. The molecule has 1 aromatic rings. The average Bonchev–Trinajstić information content (AvgIpc) is 2.76. The average molecular weight is 251 g/mol. The first-order chi connectivity index (χ1) is 8.59. The Labute approximate surface area is 110 Å². The van der Waals surface area contributed by atoms with Crippen molar-refractivity contribution in [2.45, 2.75) is 51.7 Å². The molecule has 1 fully saturated rings. The number of rotatable bonds is 4. The summed E-state index contributed by atoms with van der Waals surface area (Å²) >= 11 is 0. The molecule has 5 nitrogen and oxygen atoms in total. The molecule has 0 bridgehead atoms. The lowest BCUT2D eigenvalue weighted by Crippen LogP contribution is -2.63. The molecule has 1 saturated heterocycles. The minimum Gasteiger partial charge on any atom is -0.311 e. The van der Waals surface area contributed by atoms with Crippen LogP contribution in [0.2, 0.25) is 0 Å². The van der Waals surface area contributed by atoms with Gasteiger partial charge in [-0.15, -0.1) is 5.10 Å². The number of hydrogen-bond acceptors (Lipinski definition) is 4. The number of aromatic nitrogens is 3. The van der Waals surface area contributed by atoms with Crippen LogP contribution in [0.1, 0.15) is 39.3 Å². The Bertz CT molecular complexity index is 382. The summed E-state index contributed by atoms with van der Waals surface area (Å²) in [5.41, 5.74) is 1.34. The highest BCUT2D eigenvalue weighted by molar-refractivity contribution is 5.01. The van der Waals surface area contributed by atoms with E-state index in [-0.39, 0.29) is 5.54 Å². The largest absolute Gasteiger partial charge is 0.311 e. The fourth-order valence-corrected chi connectivity index (χ4v) is 2.91. The molecular weight excluding hydrogens is 226 g/mol. The highest BCUT2D eigenvalue weighted by Crippen LogP contribution is 2.28. The first-order valence-electron chi connectivity index (χ1n) is 6.93. The summed E-state index contributed by atoms with van der Waals surface area (Å²) in [6, 6.07) is 0.549. The third-order valence-corrected chi connectivity index (χ3v) is 4.26. The fraction of sp³-hybridized carbons (Fsp3) is 0.846. The van der Waals surface area contributed by atoms with E-state index in [4.69, 9.17) is 0 Å². The van der Waals surface area contributed by atoms with E-state index >= 15 is 0 Å². The van der Waals surface area contributed by atoms with Crippen molar-refractivity contribution >= 4 is 0 Å². The fourth-order valence-electron chi connectivity index (χ4n) is 2.91. The standard InChI is InChI=1S/C13H25N5/c1-5-13(6-2)10-14-11(3)7-18(13)9-12-8-17(4)16-15-12/h8,11,14H,5-7,9-10H2,1-4H3. The lowest BCUT2D eigenvalue weighted by Gasteiger charge is -2.48. The van der Waals surface area contributed by atoms with Gasteiger partial charge in [-0.25, -0.2) is 0 Å². The summed E-state index contributed by atoms with van der Waals surface area (Å²) in [6.07, 6.45) is 4.36. The van der Waals surface area contributed by atoms with Crippen molar-refractivity contribution in [3.05, 3.63) is 11.9 Å². The maximum absolute atomic E-state index is 4.22. The topological polar surface area (TPSA) is 46.0 Å². The summed E-state index contributed by atoms with van der Waals surface area (Å²) in [5.74, 6) is 0. The van der Waals surface area contributed by atoms with Gasteiger partial charge in [0.05, 0.1) is 5.69 Å². The van der Waals surface area contributed by atoms with Crippen LogP contribution in [0.5, 0.6) is 0 Å². The van der Waals surface area contributed by atoms with Crippen molar-refractivity contribution < 1.29 is 0 Å². The summed E-state index contributed by atoms with van der Waals surface area (Å²) in [5, 5.41) is 11.9. The second-order valence-electron chi connectivity index (χ2n) is 5.48. The molecule has 102 valence electrons. The highest BCUT2D eigenvalue weighted by atomic mass is 15.4. The molecule has 1 aromatic heterocycles. The summed E-state index contributed by atoms with van der Waals surface area (Å²) < 4.78 is 1.78. The van der Waals surface area contributed by atoms with Gasteiger partial charge in [0.1, 0.15) is 0 Å². The third-order valence-electron chi connectivity index (χ3n) is 4.26. The van der Waals surface area contributed by atoms with Gasteiger partial charge in [0.2, 0.25) is 0 Å². The van der Waals surface area contributed by atoms with Crippen molar-refractivity contribution in [2.24, 2.45) is 7.05 Å². The molecule has 2 heterocycles. The molecule has 0 radical (unpaired) electrons. The van der Waals surface area contributed by atoms with E-state index in [9.17, 15) is 0 Å². The molecular formula is C13H25N5. The van der Waals surface area contributed by atoms with Crippen molar-refractivity contribution in [1.82, 2.24) is 25.2 Å². The molecule has 2 rings (SSSR count). The van der Waals surface area contributed by atoms with Gasteiger partial charge in [0.15, 0.2) is 0 Å². The van der Waals surface area contributed by atoms with Crippen molar-refractivity contribution in [2.75, 3.05) is 13.1 Å². The van der Waals surface area contributed by atoms with Crippen LogP contribution < -0.4 is 5.32 Å². The van der Waals surface area contributed by atoms with E-state index < -0.39 is 0 Å². The molecule has 1 aliphatic rings. The quantitative estimate of drug-likeness (QED) is 0.872. The van der Waals surface area contributed by atoms with Crippen molar-refractivity contribution in [3.8, 4) is 0 Å². The molecule has 18 heavy (non-hydrogen) atoms. The second-order valence-corrected chi connectivity index (χ2v) is 5.48. The number of piperazine rings is 1. The smallest absolute Gasteiger partial charge is 0.0967 e. The van der Waals surface area contributed by atoms with E-state index in [1.165, 1.54) is 12.8 Å². The predicted octanol–water partition coefficient (Wildman–Crippen LogP) is 1.17. The Balaban J connectivity index is 2.15. The van der Waals surface area contributed by atoms with Crippen LogP contribution in [0.25, 0.3) is 0 Å². The number of nitrogens with one attached hydrogen (secondary N) is 1. The van der Waals surface area contributed by atoms with E-state index in [1.54, 1.807) is 4.68 Å². The van der Waals surface area contributed by atoms with Crippen molar-refractivity contribution in [1.29, 1.82) is 0 Å². The molecule has 0 spiro atoms. The first-order valence-corrected chi connectivity index (χ1v) is 6.93. The summed E-state index contributed by atoms with van der Waals surface area (Å²) in [7, 11) is 1.92. The third kappa shape index (κ3) is 2.57.